The number of aryl methyl sites for hydroxylation is 1. The van der Waals surface area contributed by atoms with E-state index in [0.29, 0.717) is 28.6 Å². The predicted octanol–water partition coefficient (Wildman–Crippen LogP) is 5.40. The predicted molar refractivity (Wildman–Crippen MR) is 112 cm³/mol. The van der Waals surface area contributed by atoms with Crippen LogP contribution in [-0.4, -0.2) is 22.6 Å². The van der Waals surface area contributed by atoms with Crippen LogP contribution in [0.1, 0.15) is 47.0 Å². The van der Waals surface area contributed by atoms with Gasteiger partial charge in [0.1, 0.15) is 0 Å². The van der Waals surface area contributed by atoms with E-state index in [1.807, 2.05) is 12.1 Å². The third-order valence-corrected chi connectivity index (χ3v) is 5.77. The Morgan fingerprint density at radius 3 is 2.48 bits per heavy atom. The van der Waals surface area contributed by atoms with Gasteiger partial charge in [0.15, 0.2) is 5.82 Å². The fourth-order valence-corrected chi connectivity index (χ4v) is 3.82. The van der Waals surface area contributed by atoms with Crippen molar-refractivity contribution >= 4 is 17.7 Å². The standard InChI is InChI=1S/C22H22F3N3O2S/c1-14-27-19(30-28-14)12-31-18-10-5-4-9-17(18)20(29)26-13-21(2,3)15-7-6-8-16(11-15)22(23,24)25/h4-11H,12-13H2,1-3H3,(H,26,29). The molecule has 9 heteroatoms. The highest BCUT2D eigenvalue weighted by Gasteiger charge is 2.32. The van der Waals surface area contributed by atoms with E-state index < -0.39 is 17.2 Å². The fourth-order valence-electron chi connectivity index (χ4n) is 2.93. The average Bonchev–Trinajstić information content (AvgIpc) is 3.15. The first-order valence-electron chi connectivity index (χ1n) is 9.53. The lowest BCUT2D eigenvalue weighted by atomic mass is 9.83. The summed E-state index contributed by atoms with van der Waals surface area (Å²) < 4.78 is 44.2. The van der Waals surface area contributed by atoms with Gasteiger partial charge in [-0.15, -0.1) is 11.8 Å². The number of carbonyl (C=O) groups is 1. The maximum Gasteiger partial charge on any atom is 0.416 e. The fraction of sp³-hybridized carbons (Fsp3) is 0.318. The summed E-state index contributed by atoms with van der Waals surface area (Å²) in [7, 11) is 0. The average molecular weight is 449 g/mol. The molecule has 3 aromatic rings. The van der Waals surface area contributed by atoms with Crippen LogP contribution in [0, 0.1) is 6.92 Å². The second-order valence-corrected chi connectivity index (χ2v) is 8.68. The molecule has 0 unspecified atom stereocenters. The van der Waals surface area contributed by atoms with Gasteiger partial charge in [0.05, 0.1) is 16.9 Å². The van der Waals surface area contributed by atoms with E-state index in [2.05, 4.69) is 15.5 Å². The Morgan fingerprint density at radius 1 is 1.10 bits per heavy atom. The first-order chi connectivity index (χ1) is 14.6. The highest BCUT2D eigenvalue weighted by Crippen LogP contribution is 2.33. The maximum absolute atomic E-state index is 13.0. The van der Waals surface area contributed by atoms with Gasteiger partial charge in [-0.05, 0) is 30.7 Å². The number of benzene rings is 2. The van der Waals surface area contributed by atoms with Crippen molar-refractivity contribution in [3.63, 3.8) is 0 Å². The van der Waals surface area contributed by atoms with Crippen molar-refractivity contribution in [2.45, 2.75) is 43.0 Å². The lowest BCUT2D eigenvalue weighted by molar-refractivity contribution is -0.137. The summed E-state index contributed by atoms with van der Waals surface area (Å²) in [6.45, 7) is 5.49. The lowest BCUT2D eigenvalue weighted by Crippen LogP contribution is -2.37. The highest BCUT2D eigenvalue weighted by atomic mass is 32.2. The Balaban J connectivity index is 1.69. The first kappa shape index (κ1) is 22.9. The smallest absolute Gasteiger partial charge is 0.351 e. The van der Waals surface area contributed by atoms with E-state index in [1.165, 1.54) is 17.8 Å². The quantitative estimate of drug-likeness (QED) is 0.490. The van der Waals surface area contributed by atoms with Gasteiger partial charge < -0.3 is 9.84 Å². The van der Waals surface area contributed by atoms with Crippen LogP contribution in [0.25, 0.3) is 0 Å². The van der Waals surface area contributed by atoms with Gasteiger partial charge in [0, 0.05) is 16.9 Å². The number of amides is 1. The van der Waals surface area contributed by atoms with Crippen molar-refractivity contribution in [3.05, 3.63) is 76.9 Å². The maximum atomic E-state index is 13.0. The van der Waals surface area contributed by atoms with Crippen LogP contribution < -0.4 is 5.32 Å². The number of thioether (sulfide) groups is 1. The van der Waals surface area contributed by atoms with Crippen LogP contribution in [0.5, 0.6) is 0 Å². The highest BCUT2D eigenvalue weighted by molar-refractivity contribution is 7.98. The van der Waals surface area contributed by atoms with E-state index in [9.17, 15) is 18.0 Å². The van der Waals surface area contributed by atoms with E-state index in [1.54, 1.807) is 39.0 Å². The SMILES string of the molecule is Cc1noc(CSc2ccccc2C(=O)NCC(C)(C)c2cccc(C(F)(F)F)c2)n1. The molecule has 5 nitrogen and oxygen atoms in total. The Hall–Kier alpha value is -2.81. The molecule has 0 saturated carbocycles. The third-order valence-electron chi connectivity index (χ3n) is 4.71. The van der Waals surface area contributed by atoms with Crippen LogP contribution in [0.3, 0.4) is 0 Å². The molecule has 0 spiro atoms. The van der Waals surface area contributed by atoms with Crippen molar-refractivity contribution in [1.82, 2.24) is 15.5 Å². The van der Waals surface area contributed by atoms with Gasteiger partial charge in [-0.1, -0.05) is 49.3 Å². The Kier molecular flexibility index (Phi) is 6.74. The van der Waals surface area contributed by atoms with Gasteiger partial charge in [-0.3, -0.25) is 4.79 Å². The van der Waals surface area contributed by atoms with Crippen LogP contribution in [-0.2, 0) is 17.3 Å². The number of aromatic nitrogens is 2. The molecule has 0 atom stereocenters. The molecule has 0 saturated heterocycles. The minimum atomic E-state index is -4.41. The molecule has 164 valence electrons. The number of nitrogens with one attached hydrogen (secondary N) is 1. The number of nitrogens with zero attached hydrogens (tertiary/aromatic N) is 2. The molecule has 1 amide bonds. The van der Waals surface area contributed by atoms with Crippen molar-refractivity contribution < 1.29 is 22.5 Å². The zero-order valence-electron chi connectivity index (χ0n) is 17.3. The topological polar surface area (TPSA) is 68.0 Å². The summed E-state index contributed by atoms with van der Waals surface area (Å²) in [5, 5.41) is 6.60. The van der Waals surface area contributed by atoms with Gasteiger partial charge in [-0.25, -0.2) is 0 Å². The van der Waals surface area contributed by atoms with E-state index in [-0.39, 0.29) is 12.5 Å². The van der Waals surface area contributed by atoms with Crippen molar-refractivity contribution in [3.8, 4) is 0 Å². The molecular formula is C22H22F3N3O2S. The summed E-state index contributed by atoms with van der Waals surface area (Å²) >= 11 is 1.39. The molecular weight excluding hydrogens is 427 g/mol. The summed E-state index contributed by atoms with van der Waals surface area (Å²) in [5.41, 5.74) is -0.427. The summed E-state index contributed by atoms with van der Waals surface area (Å²) in [4.78, 5) is 17.7. The molecule has 0 bridgehead atoms. The van der Waals surface area contributed by atoms with E-state index >= 15 is 0 Å². The molecule has 0 fully saturated rings. The Bertz CT molecular complexity index is 1060. The molecule has 2 aromatic carbocycles. The number of carbonyl (C=O) groups excluding carboxylic acids is 1. The zero-order valence-corrected chi connectivity index (χ0v) is 18.1. The summed E-state index contributed by atoms with van der Waals surface area (Å²) in [5.74, 6) is 1.12. The number of hydrogen-bond donors (Lipinski definition) is 1. The zero-order chi connectivity index (χ0) is 22.6. The van der Waals surface area contributed by atoms with Crippen LogP contribution in [0.15, 0.2) is 57.9 Å². The minimum absolute atomic E-state index is 0.176. The van der Waals surface area contributed by atoms with Crippen molar-refractivity contribution in [2.75, 3.05) is 6.54 Å². The molecule has 1 heterocycles. The van der Waals surface area contributed by atoms with Crippen molar-refractivity contribution in [1.29, 1.82) is 0 Å². The summed E-state index contributed by atoms with van der Waals surface area (Å²) in [6, 6.07) is 12.3. The third kappa shape index (κ3) is 5.88. The van der Waals surface area contributed by atoms with Crippen LogP contribution in [0.2, 0.25) is 0 Å². The molecule has 1 N–H and O–H groups in total. The summed E-state index contributed by atoms with van der Waals surface area (Å²) in [6.07, 6.45) is -4.41. The number of alkyl halides is 3. The van der Waals surface area contributed by atoms with Gasteiger partial charge in [0.2, 0.25) is 5.89 Å². The second kappa shape index (κ2) is 9.13. The number of rotatable bonds is 7. The first-order valence-corrected chi connectivity index (χ1v) is 10.5. The molecule has 0 radical (unpaired) electrons. The van der Waals surface area contributed by atoms with Gasteiger partial charge >= 0.3 is 6.18 Å². The molecule has 0 aliphatic heterocycles. The number of halogens is 3. The van der Waals surface area contributed by atoms with Crippen molar-refractivity contribution in [2.24, 2.45) is 0 Å². The lowest BCUT2D eigenvalue weighted by Gasteiger charge is -2.26. The molecule has 0 aliphatic carbocycles. The number of hydrogen-bond acceptors (Lipinski definition) is 5. The Labute approximate surface area is 182 Å². The van der Waals surface area contributed by atoms with E-state index in [0.717, 1.165) is 17.0 Å². The van der Waals surface area contributed by atoms with Crippen LogP contribution >= 0.6 is 11.8 Å². The van der Waals surface area contributed by atoms with Crippen LogP contribution in [0.4, 0.5) is 13.2 Å². The minimum Gasteiger partial charge on any atom is -0.351 e. The normalized spacial score (nSPS) is 12.1. The van der Waals surface area contributed by atoms with Gasteiger partial charge in [0.25, 0.3) is 5.91 Å². The molecule has 3 rings (SSSR count). The largest absolute Gasteiger partial charge is 0.416 e. The Morgan fingerprint density at radius 2 is 1.81 bits per heavy atom. The van der Waals surface area contributed by atoms with Gasteiger partial charge in [-0.2, -0.15) is 18.2 Å². The molecule has 0 aliphatic rings. The molecule has 31 heavy (non-hydrogen) atoms. The molecule has 1 aromatic heterocycles. The monoisotopic (exact) mass is 449 g/mol. The van der Waals surface area contributed by atoms with E-state index in [4.69, 9.17) is 4.52 Å². The second-order valence-electron chi connectivity index (χ2n) is 7.67.